The van der Waals surface area contributed by atoms with E-state index in [0.717, 1.165) is 74.4 Å². The number of carbonyl (C=O) groups is 2. The molecule has 0 aromatic heterocycles. The van der Waals surface area contributed by atoms with Crippen molar-refractivity contribution in [3.63, 3.8) is 0 Å². The molecule has 0 amide bonds. The highest BCUT2D eigenvalue weighted by Gasteiger charge is 2.24. The van der Waals surface area contributed by atoms with Gasteiger partial charge in [-0.25, -0.2) is 0 Å². The van der Waals surface area contributed by atoms with Crippen LogP contribution in [-0.4, -0.2) is 82.5 Å². The SMILES string of the molecule is CCN(CC)CCCC(=NO)C(=O)c1ccc2c(c1)Cc1cc(C(=O)C(CCCN(CC)CC)=NO)ccc1-2. The molecule has 8 heteroatoms. The van der Waals surface area contributed by atoms with Gasteiger partial charge in [0.25, 0.3) is 0 Å². The van der Waals surface area contributed by atoms with E-state index in [-0.39, 0.29) is 23.0 Å². The molecule has 210 valence electrons. The molecule has 2 aromatic carbocycles. The standard InChI is InChI=1S/C31H42N4O4/c1-5-34(6-2)17-9-11-28(32-38)30(36)22-13-15-26-24(19-22)21-25-20-23(14-16-27(25)26)31(37)29(33-39)12-10-18-35(7-3)8-4/h13-16,19-20,38-39H,5-12,17-18,21H2,1-4H3. The number of hydrogen-bond acceptors (Lipinski definition) is 8. The molecular weight excluding hydrogens is 492 g/mol. The Bertz CT molecular complexity index is 1120. The van der Waals surface area contributed by atoms with Crippen molar-refractivity contribution in [1.29, 1.82) is 0 Å². The zero-order valence-corrected chi connectivity index (χ0v) is 23.7. The van der Waals surface area contributed by atoms with Crippen molar-refractivity contribution >= 4 is 23.0 Å². The van der Waals surface area contributed by atoms with Crippen LogP contribution in [-0.2, 0) is 6.42 Å². The van der Waals surface area contributed by atoms with Crippen molar-refractivity contribution < 1.29 is 20.0 Å². The van der Waals surface area contributed by atoms with Crippen molar-refractivity contribution in [1.82, 2.24) is 9.80 Å². The van der Waals surface area contributed by atoms with Crippen molar-refractivity contribution in [2.24, 2.45) is 10.3 Å². The summed E-state index contributed by atoms with van der Waals surface area (Å²) in [5, 5.41) is 25.7. The Morgan fingerprint density at radius 1 is 0.692 bits per heavy atom. The van der Waals surface area contributed by atoms with Crippen LogP contribution in [0.2, 0.25) is 0 Å². The van der Waals surface area contributed by atoms with Crippen LogP contribution in [0.5, 0.6) is 0 Å². The summed E-state index contributed by atoms with van der Waals surface area (Å²) in [6.45, 7) is 13.9. The van der Waals surface area contributed by atoms with E-state index in [1.165, 1.54) is 0 Å². The fraction of sp³-hybridized carbons (Fsp3) is 0.484. The Kier molecular flexibility index (Phi) is 11.4. The Morgan fingerprint density at radius 2 is 1.08 bits per heavy atom. The summed E-state index contributed by atoms with van der Waals surface area (Å²) < 4.78 is 0. The topological polar surface area (TPSA) is 106 Å². The second-order valence-corrected chi connectivity index (χ2v) is 9.93. The molecule has 0 radical (unpaired) electrons. The van der Waals surface area contributed by atoms with Crippen LogP contribution in [0.15, 0.2) is 46.7 Å². The summed E-state index contributed by atoms with van der Waals surface area (Å²) in [5.74, 6) is -0.527. The number of carbonyl (C=O) groups excluding carboxylic acids is 2. The molecule has 0 spiro atoms. The zero-order chi connectivity index (χ0) is 28.4. The third-order valence-corrected chi connectivity index (χ3v) is 7.74. The molecular formula is C31H42N4O4. The van der Waals surface area contributed by atoms with E-state index >= 15 is 0 Å². The number of hydrogen-bond donors (Lipinski definition) is 2. The van der Waals surface area contributed by atoms with Crippen LogP contribution in [0.3, 0.4) is 0 Å². The first-order valence-electron chi connectivity index (χ1n) is 14.1. The minimum atomic E-state index is -0.264. The maximum atomic E-state index is 13.1. The quantitative estimate of drug-likeness (QED) is 0.108. The van der Waals surface area contributed by atoms with Crippen LogP contribution in [0.1, 0.15) is 85.2 Å². The highest BCUT2D eigenvalue weighted by atomic mass is 16.4. The average molecular weight is 535 g/mol. The van der Waals surface area contributed by atoms with Gasteiger partial charge in [-0.3, -0.25) is 9.59 Å². The predicted molar refractivity (Wildman–Crippen MR) is 156 cm³/mol. The van der Waals surface area contributed by atoms with Crippen LogP contribution < -0.4 is 0 Å². The van der Waals surface area contributed by atoms with E-state index in [0.29, 0.717) is 30.4 Å². The first kappa shape index (κ1) is 30.2. The van der Waals surface area contributed by atoms with Crippen LogP contribution in [0.4, 0.5) is 0 Å². The number of ketones is 2. The summed E-state index contributed by atoms with van der Waals surface area (Å²) in [6.07, 6.45) is 2.91. The molecule has 0 heterocycles. The van der Waals surface area contributed by atoms with Gasteiger partial charge in [0.2, 0.25) is 11.6 Å². The van der Waals surface area contributed by atoms with Gasteiger partial charge in [-0.15, -0.1) is 0 Å². The van der Waals surface area contributed by atoms with Gasteiger partial charge >= 0.3 is 0 Å². The van der Waals surface area contributed by atoms with Gasteiger partial charge in [-0.1, -0.05) is 62.3 Å². The molecule has 0 fully saturated rings. The molecule has 1 aliphatic carbocycles. The van der Waals surface area contributed by atoms with E-state index in [1.807, 2.05) is 24.3 Å². The lowest BCUT2D eigenvalue weighted by molar-refractivity contribution is 0.105. The molecule has 0 atom stereocenters. The second kappa shape index (κ2) is 14.7. The molecule has 0 saturated heterocycles. The van der Waals surface area contributed by atoms with Crippen molar-refractivity contribution in [3.05, 3.63) is 58.7 Å². The smallest absolute Gasteiger partial charge is 0.210 e. The van der Waals surface area contributed by atoms with Crippen LogP contribution in [0.25, 0.3) is 11.1 Å². The number of fused-ring (bicyclic) bond motifs is 3. The normalized spacial score (nSPS) is 13.2. The molecule has 0 bridgehead atoms. The highest BCUT2D eigenvalue weighted by Crippen LogP contribution is 2.37. The number of oxime groups is 2. The largest absolute Gasteiger partial charge is 0.411 e. The fourth-order valence-electron chi connectivity index (χ4n) is 5.26. The Balaban J connectivity index is 1.69. The van der Waals surface area contributed by atoms with Gasteiger partial charge in [0.1, 0.15) is 11.4 Å². The van der Waals surface area contributed by atoms with Gasteiger partial charge in [-0.05, 0) is 106 Å². The number of benzene rings is 2. The molecule has 3 rings (SSSR count). The molecule has 0 saturated carbocycles. The molecule has 0 unspecified atom stereocenters. The van der Waals surface area contributed by atoms with E-state index in [9.17, 15) is 20.0 Å². The van der Waals surface area contributed by atoms with E-state index < -0.39 is 0 Å². The third-order valence-electron chi connectivity index (χ3n) is 7.74. The van der Waals surface area contributed by atoms with Gasteiger partial charge in [0, 0.05) is 11.1 Å². The summed E-state index contributed by atoms with van der Waals surface area (Å²) in [4.78, 5) is 30.7. The number of rotatable bonds is 16. The zero-order valence-electron chi connectivity index (χ0n) is 23.7. The molecule has 1 aliphatic rings. The third kappa shape index (κ3) is 7.40. The van der Waals surface area contributed by atoms with Gasteiger partial charge in [0.05, 0.1) is 0 Å². The lowest BCUT2D eigenvalue weighted by Crippen LogP contribution is -2.25. The van der Waals surface area contributed by atoms with Gasteiger partial charge < -0.3 is 20.2 Å². The molecule has 39 heavy (non-hydrogen) atoms. The maximum absolute atomic E-state index is 13.1. The van der Waals surface area contributed by atoms with E-state index in [4.69, 9.17) is 0 Å². The Labute approximate surface area is 232 Å². The number of nitrogens with zero attached hydrogens (tertiary/aromatic N) is 4. The lowest BCUT2D eigenvalue weighted by atomic mass is 9.97. The van der Waals surface area contributed by atoms with Gasteiger partial charge in [-0.2, -0.15) is 0 Å². The predicted octanol–water partition coefficient (Wildman–Crippen LogP) is 5.53. The van der Waals surface area contributed by atoms with E-state index in [1.54, 1.807) is 12.1 Å². The molecule has 2 aromatic rings. The van der Waals surface area contributed by atoms with Crippen molar-refractivity contribution in [3.8, 4) is 11.1 Å². The van der Waals surface area contributed by atoms with Crippen LogP contribution >= 0.6 is 0 Å². The number of Topliss-reactive ketones (excluding diaryl/α,β-unsaturated/α-hetero) is 2. The first-order chi connectivity index (χ1) is 18.9. The summed E-state index contributed by atoms with van der Waals surface area (Å²) in [7, 11) is 0. The van der Waals surface area contributed by atoms with E-state index in [2.05, 4.69) is 47.8 Å². The van der Waals surface area contributed by atoms with Crippen molar-refractivity contribution in [2.75, 3.05) is 39.3 Å². The minimum absolute atomic E-state index is 0.169. The second-order valence-electron chi connectivity index (χ2n) is 9.93. The first-order valence-corrected chi connectivity index (χ1v) is 14.1. The lowest BCUT2D eigenvalue weighted by Gasteiger charge is -2.17. The summed E-state index contributed by atoms with van der Waals surface area (Å²) >= 11 is 0. The molecule has 8 nitrogen and oxygen atoms in total. The minimum Gasteiger partial charge on any atom is -0.411 e. The monoisotopic (exact) mass is 534 g/mol. The summed E-state index contributed by atoms with van der Waals surface area (Å²) in [5.41, 5.74) is 5.38. The maximum Gasteiger partial charge on any atom is 0.210 e. The van der Waals surface area contributed by atoms with Crippen LogP contribution in [0, 0.1) is 0 Å². The molecule has 0 aliphatic heterocycles. The molecule has 2 N–H and O–H groups in total. The highest BCUT2D eigenvalue weighted by molar-refractivity contribution is 6.46. The van der Waals surface area contributed by atoms with Crippen molar-refractivity contribution in [2.45, 2.75) is 59.8 Å². The summed E-state index contributed by atoms with van der Waals surface area (Å²) in [6, 6.07) is 11.1. The average Bonchev–Trinajstić information content (AvgIpc) is 3.34. The Hall–Kier alpha value is -3.36. The Morgan fingerprint density at radius 3 is 1.41 bits per heavy atom. The fourth-order valence-corrected chi connectivity index (χ4v) is 5.26. The van der Waals surface area contributed by atoms with Gasteiger partial charge in [0.15, 0.2) is 0 Å².